The molecule has 0 bridgehead atoms. The zero-order chi connectivity index (χ0) is 44.0. The Bertz CT molecular complexity index is 1620. The summed E-state index contributed by atoms with van der Waals surface area (Å²) in [5, 5.41) is 0. The second kappa shape index (κ2) is 22.8. The maximum absolute atomic E-state index is 4.25. The highest BCUT2D eigenvalue weighted by Gasteiger charge is 2.24. The third kappa shape index (κ3) is 17.9. The maximum atomic E-state index is 4.25. The lowest BCUT2D eigenvalue weighted by Gasteiger charge is -2.34. The van der Waals surface area contributed by atoms with Crippen LogP contribution in [0.4, 0.5) is 5.69 Å². The van der Waals surface area contributed by atoms with Gasteiger partial charge in [-0.2, -0.15) is 0 Å². The molecule has 2 aromatic rings. The van der Waals surface area contributed by atoms with Gasteiger partial charge in [0.2, 0.25) is 0 Å². The zero-order valence-electron chi connectivity index (χ0n) is 40.7. The molecule has 4 nitrogen and oxygen atoms in total. The van der Waals surface area contributed by atoms with E-state index in [1.54, 1.807) is 0 Å². The Labute approximate surface area is 365 Å². The van der Waals surface area contributed by atoms with Crippen molar-refractivity contribution < 1.29 is 0 Å². The Morgan fingerprint density at radius 2 is 0.797 bits per heavy atom. The molecule has 4 aliphatic rings. The number of hydrogen-bond donors (Lipinski definition) is 0. The number of hydrogen-bond acceptors (Lipinski definition) is 4. The van der Waals surface area contributed by atoms with E-state index in [0.717, 1.165) is 45.8 Å². The average molecular weight is 807 g/mol. The van der Waals surface area contributed by atoms with Gasteiger partial charge in [-0.05, 0) is 116 Å². The Kier molecular flexibility index (Phi) is 19.5. The first kappa shape index (κ1) is 50.4. The highest BCUT2D eigenvalue weighted by atomic mass is 15.1. The van der Waals surface area contributed by atoms with Crippen LogP contribution >= 0.6 is 0 Å². The van der Waals surface area contributed by atoms with Crippen molar-refractivity contribution in [2.24, 2.45) is 21.7 Å². The predicted octanol–water partition coefficient (Wildman–Crippen LogP) is 13.4. The number of piperidine rings is 1. The van der Waals surface area contributed by atoms with E-state index in [1.807, 2.05) is 0 Å². The molecule has 0 spiro atoms. The second-order valence-corrected chi connectivity index (χ2v) is 22.1. The van der Waals surface area contributed by atoms with E-state index >= 15 is 0 Å². The van der Waals surface area contributed by atoms with Crippen molar-refractivity contribution in [2.75, 3.05) is 70.3 Å². The molecule has 2 fully saturated rings. The summed E-state index contributed by atoms with van der Waals surface area (Å²) in [6.45, 7) is 56.4. The van der Waals surface area contributed by atoms with E-state index in [-0.39, 0.29) is 21.7 Å². The fraction of sp³-hybridized carbons (Fsp3) is 0.636. The van der Waals surface area contributed by atoms with Gasteiger partial charge in [0.1, 0.15) is 0 Å². The van der Waals surface area contributed by atoms with Gasteiger partial charge in [-0.1, -0.05) is 181 Å². The molecule has 0 radical (unpaired) electrons. The highest BCUT2D eigenvalue weighted by Crippen LogP contribution is 2.32. The SMILES string of the molecule is C=C(CN1CCCC1)C(C)(C)C.C=C(CN1CCCCC1)C(C)(C)C.C=C(CN1CCCc2ccccc21)C(C)(C)C.C=C(CN1CCc2ccccc2C1)C(C)(C)C. The summed E-state index contributed by atoms with van der Waals surface area (Å²) >= 11 is 0. The van der Waals surface area contributed by atoms with Crippen molar-refractivity contribution in [3.63, 3.8) is 0 Å². The number of likely N-dealkylation sites (tertiary alicyclic amines) is 2. The molecule has 4 heterocycles. The Morgan fingerprint density at radius 3 is 1.27 bits per heavy atom. The molecule has 0 amide bonds. The molecule has 330 valence electrons. The van der Waals surface area contributed by atoms with Crippen LogP contribution in [0, 0.1) is 21.7 Å². The molecule has 2 aromatic carbocycles. The van der Waals surface area contributed by atoms with Crippen molar-refractivity contribution >= 4 is 5.69 Å². The lowest BCUT2D eigenvalue weighted by molar-refractivity contribution is 0.234. The number of anilines is 1. The first-order valence-corrected chi connectivity index (χ1v) is 23.2. The highest BCUT2D eigenvalue weighted by molar-refractivity contribution is 5.56. The van der Waals surface area contributed by atoms with Gasteiger partial charge in [0.15, 0.2) is 0 Å². The van der Waals surface area contributed by atoms with Gasteiger partial charge in [0.05, 0.1) is 0 Å². The Balaban J connectivity index is 0.000000213. The molecule has 0 atom stereocenters. The van der Waals surface area contributed by atoms with Gasteiger partial charge in [0, 0.05) is 51.5 Å². The van der Waals surface area contributed by atoms with Crippen LogP contribution in [-0.2, 0) is 19.4 Å². The Hall–Kier alpha value is -2.92. The van der Waals surface area contributed by atoms with Crippen LogP contribution in [0.2, 0.25) is 0 Å². The molecule has 4 heteroatoms. The molecular formula is C55H90N4. The van der Waals surface area contributed by atoms with E-state index < -0.39 is 0 Å². The van der Waals surface area contributed by atoms with Crippen LogP contribution in [0.25, 0.3) is 0 Å². The summed E-state index contributed by atoms with van der Waals surface area (Å²) in [7, 11) is 0. The fourth-order valence-electron chi connectivity index (χ4n) is 7.51. The molecule has 2 saturated heterocycles. The first-order chi connectivity index (χ1) is 27.4. The normalized spacial score (nSPS) is 17.8. The molecule has 0 unspecified atom stereocenters. The first-order valence-electron chi connectivity index (χ1n) is 23.2. The summed E-state index contributed by atoms with van der Waals surface area (Å²) in [5.74, 6) is 0. The number of rotatable bonds is 8. The molecule has 59 heavy (non-hydrogen) atoms. The average Bonchev–Trinajstić information content (AvgIpc) is 3.68. The third-order valence-electron chi connectivity index (χ3n) is 12.9. The van der Waals surface area contributed by atoms with E-state index in [9.17, 15) is 0 Å². The molecule has 4 aliphatic heterocycles. The van der Waals surface area contributed by atoms with Crippen LogP contribution < -0.4 is 4.90 Å². The van der Waals surface area contributed by atoms with Crippen LogP contribution in [-0.4, -0.2) is 80.1 Å². The predicted molar refractivity (Wildman–Crippen MR) is 263 cm³/mol. The number of aryl methyl sites for hydroxylation is 1. The van der Waals surface area contributed by atoms with Crippen LogP contribution in [0.1, 0.15) is 138 Å². The monoisotopic (exact) mass is 807 g/mol. The minimum absolute atomic E-state index is 0.201. The standard InChI is InChI=1S/2C16H23N.C12H23N.C11H21N/c1-13(16(2,3)4)12-17-11-7-9-14-8-5-6-10-15(14)17;1-13(16(2,3)4)11-17-10-9-14-7-5-6-8-15(14)12-17;1-11(12(2,3)4)10-13-8-6-5-7-9-13;1-10(11(2,3)4)9-12-7-5-6-8-12/h5-6,8,10H,1,7,9,11-12H2,2-4H3;5-8H,1,9-12H2,2-4H3;1,5-10H2,2-4H3;1,5-9H2,2-4H3. The van der Waals surface area contributed by atoms with Crippen LogP contribution in [0.5, 0.6) is 0 Å². The topological polar surface area (TPSA) is 13.0 Å². The van der Waals surface area contributed by atoms with Gasteiger partial charge in [-0.3, -0.25) is 14.7 Å². The maximum Gasteiger partial charge on any atom is 0.0401 e. The Morgan fingerprint density at radius 1 is 0.407 bits per heavy atom. The van der Waals surface area contributed by atoms with Crippen LogP contribution in [0.15, 0.2) is 97.1 Å². The number of fused-ring (bicyclic) bond motifs is 2. The van der Waals surface area contributed by atoms with E-state index in [0.29, 0.717) is 0 Å². The fourth-order valence-corrected chi connectivity index (χ4v) is 7.51. The number of benzene rings is 2. The minimum Gasteiger partial charge on any atom is -0.367 e. The lowest BCUT2D eigenvalue weighted by atomic mass is 9.87. The van der Waals surface area contributed by atoms with Crippen molar-refractivity contribution in [1.29, 1.82) is 0 Å². The minimum atomic E-state index is 0.201. The second-order valence-electron chi connectivity index (χ2n) is 22.1. The van der Waals surface area contributed by atoms with Crippen molar-refractivity contribution in [3.8, 4) is 0 Å². The summed E-state index contributed by atoms with van der Waals surface area (Å²) in [4.78, 5) is 10.0. The van der Waals surface area contributed by atoms with Gasteiger partial charge >= 0.3 is 0 Å². The molecule has 0 N–H and O–H groups in total. The smallest absolute Gasteiger partial charge is 0.0401 e. The number of nitrogens with zero attached hydrogens (tertiary/aromatic N) is 4. The van der Waals surface area contributed by atoms with Crippen molar-refractivity contribution in [1.82, 2.24) is 14.7 Å². The lowest BCUT2D eigenvalue weighted by Crippen LogP contribution is -2.34. The molecule has 6 rings (SSSR count). The number of para-hydroxylation sites is 1. The van der Waals surface area contributed by atoms with Crippen molar-refractivity contribution in [2.45, 2.75) is 141 Å². The summed E-state index contributed by atoms with van der Waals surface area (Å²) in [5.41, 5.74) is 12.3. The van der Waals surface area contributed by atoms with E-state index in [4.69, 9.17) is 0 Å². The van der Waals surface area contributed by atoms with E-state index in [1.165, 1.54) is 122 Å². The van der Waals surface area contributed by atoms with Gasteiger partial charge in [-0.25, -0.2) is 0 Å². The van der Waals surface area contributed by atoms with Gasteiger partial charge in [-0.15, -0.1) is 0 Å². The third-order valence-corrected chi connectivity index (χ3v) is 12.9. The van der Waals surface area contributed by atoms with Gasteiger partial charge < -0.3 is 4.90 Å². The van der Waals surface area contributed by atoms with Crippen molar-refractivity contribution in [3.05, 3.63) is 114 Å². The molecular weight excluding hydrogens is 717 g/mol. The molecule has 0 saturated carbocycles. The largest absolute Gasteiger partial charge is 0.367 e. The summed E-state index contributed by atoms with van der Waals surface area (Å²) in [6.07, 6.45) is 10.6. The molecule has 0 aliphatic carbocycles. The molecule has 0 aromatic heterocycles. The zero-order valence-corrected chi connectivity index (χ0v) is 40.7. The quantitative estimate of drug-likeness (QED) is 0.246. The van der Waals surface area contributed by atoms with E-state index in [2.05, 4.69) is 178 Å². The van der Waals surface area contributed by atoms with Gasteiger partial charge in [0.25, 0.3) is 0 Å². The summed E-state index contributed by atoms with van der Waals surface area (Å²) in [6, 6.07) is 17.6. The van der Waals surface area contributed by atoms with Crippen LogP contribution in [0.3, 0.4) is 0 Å². The summed E-state index contributed by atoms with van der Waals surface area (Å²) < 4.78 is 0.